The lowest BCUT2D eigenvalue weighted by Gasteiger charge is -2.36. The molecule has 0 bridgehead atoms. The Morgan fingerprint density at radius 2 is 0.683 bits per heavy atom. The molecule has 63 heavy (non-hydrogen) atoms. The molecule has 5 nitrogen and oxygen atoms in total. The average Bonchev–Trinajstić information content (AvgIpc) is 3.85. The molecule has 0 saturated carbocycles. The molecule has 0 saturated heterocycles. The summed E-state index contributed by atoms with van der Waals surface area (Å²) in [5.74, 6) is 1.74. The number of para-hydroxylation sites is 4. The molecule has 1 aliphatic rings. The second-order valence-electron chi connectivity index (χ2n) is 16.3. The van der Waals surface area contributed by atoms with Gasteiger partial charge in [0.2, 0.25) is 11.9 Å². The van der Waals surface area contributed by atoms with Gasteiger partial charge in [0, 0.05) is 27.1 Å². The van der Waals surface area contributed by atoms with Crippen LogP contribution in [0.25, 0.3) is 89.2 Å². The third-order valence-corrected chi connectivity index (χ3v) is 18.0. The van der Waals surface area contributed by atoms with Crippen molar-refractivity contribution in [2.75, 3.05) is 0 Å². The van der Waals surface area contributed by atoms with Crippen LogP contribution in [0.15, 0.2) is 224 Å². The smallest absolute Gasteiger partial charge is 0.240 e. The van der Waals surface area contributed by atoms with Crippen LogP contribution < -0.4 is 20.7 Å². The Morgan fingerprint density at radius 1 is 0.302 bits per heavy atom. The van der Waals surface area contributed by atoms with E-state index in [9.17, 15) is 0 Å². The van der Waals surface area contributed by atoms with Crippen LogP contribution in [0.3, 0.4) is 0 Å². The van der Waals surface area contributed by atoms with Gasteiger partial charge in [-0.3, -0.25) is 9.13 Å². The van der Waals surface area contributed by atoms with Crippen molar-refractivity contribution in [1.82, 2.24) is 24.1 Å². The van der Waals surface area contributed by atoms with Gasteiger partial charge in [-0.1, -0.05) is 200 Å². The number of benzene rings is 9. The van der Waals surface area contributed by atoms with Gasteiger partial charge >= 0.3 is 0 Å². The van der Waals surface area contributed by atoms with E-state index >= 15 is 0 Å². The topological polar surface area (TPSA) is 48.5 Å². The van der Waals surface area contributed by atoms with Gasteiger partial charge in [-0.15, -0.1) is 0 Å². The molecule has 294 valence electrons. The van der Waals surface area contributed by atoms with Crippen LogP contribution >= 0.6 is 0 Å². The first kappa shape index (κ1) is 35.6. The van der Waals surface area contributed by atoms with E-state index in [1.54, 1.807) is 0 Å². The highest BCUT2D eigenvalue weighted by molar-refractivity contribution is 7.21. The number of hydrogen-bond donors (Lipinski definition) is 0. The number of rotatable bonds is 5. The summed E-state index contributed by atoms with van der Waals surface area (Å²) in [5.41, 5.74) is 10.1. The van der Waals surface area contributed by atoms with Crippen molar-refractivity contribution in [3.8, 4) is 45.5 Å². The highest BCUT2D eigenvalue weighted by atomic mass is 28.3. The minimum atomic E-state index is -3.05. The Labute approximate surface area is 364 Å². The zero-order valence-corrected chi connectivity index (χ0v) is 35.1. The Bertz CT molecular complexity index is 3470. The molecule has 9 aromatic carbocycles. The van der Waals surface area contributed by atoms with Crippen LogP contribution in [0.2, 0.25) is 0 Å². The van der Waals surface area contributed by atoms with Crippen LogP contribution in [0, 0.1) is 0 Å². The number of hydrogen-bond acceptors (Lipinski definition) is 3. The van der Waals surface area contributed by atoms with Gasteiger partial charge in [0.1, 0.15) is 0 Å². The lowest BCUT2D eigenvalue weighted by Crippen LogP contribution is -2.75. The van der Waals surface area contributed by atoms with E-state index in [2.05, 4.69) is 234 Å². The molecule has 6 heteroatoms. The summed E-state index contributed by atoms with van der Waals surface area (Å²) in [6, 6.07) is 81.5. The predicted molar refractivity (Wildman–Crippen MR) is 262 cm³/mol. The maximum atomic E-state index is 5.48. The number of nitrogens with zero attached hydrogens (tertiary/aromatic N) is 5. The minimum absolute atomic E-state index is 0.565. The molecular weight excluding hydrogens is 783 g/mol. The molecule has 0 radical (unpaired) electrons. The summed E-state index contributed by atoms with van der Waals surface area (Å²) in [6.45, 7) is 0. The van der Waals surface area contributed by atoms with Gasteiger partial charge in [-0.2, -0.15) is 15.0 Å². The summed E-state index contributed by atoms with van der Waals surface area (Å²) in [6.07, 6.45) is 0. The maximum absolute atomic E-state index is 5.48. The van der Waals surface area contributed by atoms with Crippen molar-refractivity contribution < 1.29 is 0 Å². The average molecular weight is 820 g/mol. The van der Waals surface area contributed by atoms with Gasteiger partial charge in [0.05, 0.1) is 22.1 Å². The van der Waals surface area contributed by atoms with Crippen molar-refractivity contribution in [2.24, 2.45) is 0 Å². The Balaban J connectivity index is 1.13. The molecule has 1 aliphatic heterocycles. The molecular formula is C57H37N5Si. The monoisotopic (exact) mass is 819 g/mol. The van der Waals surface area contributed by atoms with E-state index in [4.69, 9.17) is 15.0 Å². The van der Waals surface area contributed by atoms with Crippen LogP contribution in [0.4, 0.5) is 0 Å². The molecule has 12 aromatic rings. The minimum Gasteiger partial charge on any atom is -0.278 e. The van der Waals surface area contributed by atoms with Crippen molar-refractivity contribution in [1.29, 1.82) is 0 Å². The quantitative estimate of drug-likeness (QED) is 0.163. The molecule has 0 spiro atoms. The van der Waals surface area contributed by atoms with E-state index in [-0.39, 0.29) is 0 Å². The van der Waals surface area contributed by atoms with Crippen molar-refractivity contribution in [2.45, 2.75) is 0 Å². The van der Waals surface area contributed by atoms with Gasteiger partial charge in [-0.05, 0) is 67.3 Å². The van der Waals surface area contributed by atoms with Crippen molar-refractivity contribution >= 4 is 72.4 Å². The predicted octanol–water partition coefficient (Wildman–Crippen LogP) is 10.8. The fourth-order valence-electron chi connectivity index (χ4n) is 10.5. The normalized spacial score (nSPS) is 12.9. The highest BCUT2D eigenvalue weighted by Gasteiger charge is 2.46. The van der Waals surface area contributed by atoms with Crippen molar-refractivity contribution in [3.05, 3.63) is 224 Å². The van der Waals surface area contributed by atoms with E-state index in [1.807, 2.05) is 0 Å². The standard InChI is InChI=1S/C57H37N5Si/c1-2-20-39(21-3-1)63(53-35-16-10-29-47(53)41-23-4-5-24-42(41)48-30-11-17-36-54(48)63)40-22-18-19-38(37-40)55-58-56(61-49-31-12-6-25-43(49)44-26-7-13-32-50(44)61)60-57(59-55)62-51-33-14-8-27-45(51)46-28-9-15-34-52(46)62/h1-37H. The second-order valence-corrected chi connectivity index (χ2v) is 20.1. The fourth-order valence-corrected chi connectivity index (χ4v) is 15.7. The summed E-state index contributed by atoms with van der Waals surface area (Å²) in [7, 11) is -3.05. The summed E-state index contributed by atoms with van der Waals surface area (Å²) >= 11 is 0. The highest BCUT2D eigenvalue weighted by Crippen LogP contribution is 2.37. The van der Waals surface area contributed by atoms with Gasteiger partial charge in [0.25, 0.3) is 0 Å². The Kier molecular flexibility index (Phi) is 7.86. The van der Waals surface area contributed by atoms with Crippen LogP contribution in [-0.2, 0) is 0 Å². The molecule has 0 aliphatic carbocycles. The number of aromatic nitrogens is 5. The van der Waals surface area contributed by atoms with Crippen LogP contribution in [-0.4, -0.2) is 32.2 Å². The molecule has 4 heterocycles. The largest absolute Gasteiger partial charge is 0.278 e. The van der Waals surface area contributed by atoms with E-state index in [1.165, 1.54) is 43.0 Å². The lowest BCUT2D eigenvalue weighted by molar-refractivity contribution is 0.893. The van der Waals surface area contributed by atoms with Gasteiger partial charge in [-0.25, -0.2) is 0 Å². The first-order valence-corrected chi connectivity index (χ1v) is 23.5. The molecule has 3 aromatic heterocycles. The molecule has 0 atom stereocenters. The third-order valence-electron chi connectivity index (χ3n) is 13.1. The second kappa shape index (κ2) is 13.9. The molecule has 13 rings (SSSR count). The number of fused-ring (bicyclic) bond motifs is 11. The van der Waals surface area contributed by atoms with Gasteiger partial charge < -0.3 is 0 Å². The molecule has 0 N–H and O–H groups in total. The lowest BCUT2D eigenvalue weighted by atomic mass is 9.95. The Hall–Kier alpha value is -8.19. The maximum Gasteiger partial charge on any atom is 0.240 e. The first-order valence-electron chi connectivity index (χ1n) is 21.5. The molecule has 0 unspecified atom stereocenters. The summed E-state index contributed by atoms with van der Waals surface area (Å²) < 4.78 is 4.40. The molecule has 0 amide bonds. The van der Waals surface area contributed by atoms with Gasteiger partial charge in [0.15, 0.2) is 13.9 Å². The Morgan fingerprint density at radius 3 is 1.16 bits per heavy atom. The third kappa shape index (κ3) is 5.19. The van der Waals surface area contributed by atoms with Crippen LogP contribution in [0.1, 0.15) is 0 Å². The zero-order valence-electron chi connectivity index (χ0n) is 34.1. The zero-order chi connectivity index (χ0) is 41.5. The summed E-state index contributed by atoms with van der Waals surface area (Å²) in [5, 5.41) is 9.90. The van der Waals surface area contributed by atoms with Crippen LogP contribution in [0.5, 0.6) is 0 Å². The fraction of sp³-hybridized carbons (Fsp3) is 0. The van der Waals surface area contributed by atoms with Crippen molar-refractivity contribution in [3.63, 3.8) is 0 Å². The van der Waals surface area contributed by atoms with E-state index < -0.39 is 8.07 Å². The SMILES string of the molecule is c1ccc([Si]2(c3cccc(-c4nc(-n5c6ccccc6c6ccccc65)nc(-n5c6ccccc6c6ccccc65)n4)c3)c3ccccc3-c3ccccc3-c3ccccc32)cc1. The first-order chi connectivity index (χ1) is 31.3. The van der Waals surface area contributed by atoms with E-state index in [0.29, 0.717) is 17.7 Å². The molecule has 0 fully saturated rings. The van der Waals surface area contributed by atoms with E-state index in [0.717, 1.165) is 49.2 Å². The summed E-state index contributed by atoms with van der Waals surface area (Å²) in [4.78, 5) is 16.4.